The van der Waals surface area contributed by atoms with Crippen LogP contribution in [0.25, 0.3) is 21.7 Å². The molecule has 0 aliphatic carbocycles. The van der Waals surface area contributed by atoms with Gasteiger partial charge >= 0.3 is 5.97 Å². The molecular formula is C21H16FNO2. The Labute approximate surface area is 144 Å². The third kappa shape index (κ3) is 2.66. The molecule has 1 heterocycles. The minimum Gasteiger partial charge on any atom is -0.465 e. The van der Waals surface area contributed by atoms with Crippen LogP contribution in [0.15, 0.2) is 66.9 Å². The highest BCUT2D eigenvalue weighted by molar-refractivity contribution is 6.03. The van der Waals surface area contributed by atoms with Crippen molar-refractivity contribution < 1.29 is 13.9 Å². The Bertz CT molecular complexity index is 1100. The molecule has 25 heavy (non-hydrogen) atoms. The van der Waals surface area contributed by atoms with E-state index in [0.717, 1.165) is 10.9 Å². The van der Waals surface area contributed by atoms with Gasteiger partial charge in [-0.15, -0.1) is 0 Å². The summed E-state index contributed by atoms with van der Waals surface area (Å²) in [7, 11) is 1.33. The molecule has 3 nitrogen and oxygen atoms in total. The van der Waals surface area contributed by atoms with Crippen molar-refractivity contribution >= 4 is 27.6 Å². The normalized spacial score (nSPS) is 11.1. The van der Waals surface area contributed by atoms with Crippen LogP contribution < -0.4 is 0 Å². The number of halogens is 1. The molecule has 3 aromatic carbocycles. The monoisotopic (exact) mass is 333 g/mol. The number of ether oxygens (including phenoxy) is 1. The van der Waals surface area contributed by atoms with Crippen molar-refractivity contribution in [3.8, 4) is 0 Å². The second kappa shape index (κ2) is 6.06. The summed E-state index contributed by atoms with van der Waals surface area (Å²) in [6.45, 7) is 0.543. The molecule has 0 radical (unpaired) electrons. The number of carbonyl (C=O) groups is 1. The second-order valence-corrected chi connectivity index (χ2v) is 5.97. The minimum atomic E-state index is -0.469. The number of carbonyl (C=O) groups excluding carboxylic acids is 1. The standard InChI is InChI=1S/C21H16FNO2/c1-25-21(24)18-8-9-19(22)17-10-11-23(20(17)18)13-14-6-7-15-4-2-3-5-16(15)12-14/h2-12H,13H2,1H3. The van der Waals surface area contributed by atoms with Gasteiger partial charge in [0.15, 0.2) is 0 Å². The molecule has 0 unspecified atom stereocenters. The first kappa shape index (κ1) is 15.4. The molecule has 0 aliphatic rings. The maximum atomic E-state index is 14.1. The minimum absolute atomic E-state index is 0.347. The van der Waals surface area contributed by atoms with Gasteiger partial charge < -0.3 is 9.30 Å². The highest BCUT2D eigenvalue weighted by Gasteiger charge is 2.17. The summed E-state index contributed by atoms with van der Waals surface area (Å²) in [5.74, 6) is -0.816. The average molecular weight is 333 g/mol. The Balaban J connectivity index is 1.83. The molecule has 4 rings (SSSR count). The van der Waals surface area contributed by atoms with Crippen LogP contribution in [0.5, 0.6) is 0 Å². The molecule has 1 aromatic heterocycles. The van der Waals surface area contributed by atoms with Gasteiger partial charge in [0, 0.05) is 18.1 Å². The van der Waals surface area contributed by atoms with Crippen molar-refractivity contribution in [1.82, 2.24) is 4.57 Å². The molecule has 0 atom stereocenters. The Hall–Kier alpha value is -3.14. The number of rotatable bonds is 3. The average Bonchev–Trinajstić information content (AvgIpc) is 3.06. The molecule has 0 spiro atoms. The van der Waals surface area contributed by atoms with E-state index >= 15 is 0 Å². The molecule has 0 saturated heterocycles. The lowest BCUT2D eigenvalue weighted by molar-refractivity contribution is 0.0602. The van der Waals surface area contributed by atoms with Crippen LogP contribution >= 0.6 is 0 Å². The third-order valence-corrected chi connectivity index (χ3v) is 4.44. The number of nitrogens with zero attached hydrogens (tertiary/aromatic N) is 1. The van der Waals surface area contributed by atoms with E-state index in [-0.39, 0.29) is 5.82 Å². The first-order chi connectivity index (χ1) is 12.2. The van der Waals surface area contributed by atoms with E-state index in [4.69, 9.17) is 4.74 Å². The lowest BCUT2D eigenvalue weighted by Crippen LogP contribution is -2.07. The maximum Gasteiger partial charge on any atom is 0.340 e. The van der Waals surface area contributed by atoms with Crippen molar-refractivity contribution in [2.75, 3.05) is 7.11 Å². The summed E-state index contributed by atoms with van der Waals surface area (Å²) in [4.78, 5) is 12.1. The first-order valence-electron chi connectivity index (χ1n) is 8.01. The fourth-order valence-electron chi connectivity index (χ4n) is 3.23. The summed E-state index contributed by atoms with van der Waals surface area (Å²) < 4.78 is 20.9. The van der Waals surface area contributed by atoms with Gasteiger partial charge in [0.05, 0.1) is 18.2 Å². The summed E-state index contributed by atoms with van der Waals surface area (Å²) in [5.41, 5.74) is 2.00. The molecule has 0 N–H and O–H groups in total. The van der Waals surface area contributed by atoms with Crippen LogP contribution in [0.4, 0.5) is 4.39 Å². The molecular weight excluding hydrogens is 317 g/mol. The van der Waals surface area contributed by atoms with Gasteiger partial charge in [-0.1, -0.05) is 36.4 Å². The second-order valence-electron chi connectivity index (χ2n) is 5.97. The fourth-order valence-corrected chi connectivity index (χ4v) is 3.23. The number of aromatic nitrogens is 1. The zero-order valence-electron chi connectivity index (χ0n) is 13.7. The molecule has 0 aliphatic heterocycles. The van der Waals surface area contributed by atoms with Crippen molar-refractivity contribution in [2.24, 2.45) is 0 Å². The summed E-state index contributed by atoms with van der Waals surface area (Å²) in [6.07, 6.45) is 1.80. The summed E-state index contributed by atoms with van der Waals surface area (Å²) in [5, 5.41) is 2.74. The zero-order valence-corrected chi connectivity index (χ0v) is 13.7. The topological polar surface area (TPSA) is 31.2 Å². The summed E-state index contributed by atoms with van der Waals surface area (Å²) in [6, 6.07) is 18.8. The highest BCUT2D eigenvalue weighted by atomic mass is 19.1. The molecule has 0 saturated carbocycles. The van der Waals surface area contributed by atoms with Crippen LogP contribution in [-0.2, 0) is 11.3 Å². The van der Waals surface area contributed by atoms with Gasteiger partial charge in [-0.05, 0) is 40.6 Å². The van der Waals surface area contributed by atoms with Gasteiger partial charge in [-0.3, -0.25) is 0 Å². The van der Waals surface area contributed by atoms with Crippen molar-refractivity contribution in [1.29, 1.82) is 0 Å². The van der Waals surface area contributed by atoms with Crippen molar-refractivity contribution in [3.05, 3.63) is 83.8 Å². The largest absolute Gasteiger partial charge is 0.465 e. The molecule has 0 bridgehead atoms. The van der Waals surface area contributed by atoms with E-state index in [1.165, 1.54) is 24.6 Å². The van der Waals surface area contributed by atoms with Crippen LogP contribution in [0.3, 0.4) is 0 Å². The predicted molar refractivity (Wildman–Crippen MR) is 96.3 cm³/mol. The number of hydrogen-bond acceptors (Lipinski definition) is 2. The number of esters is 1. The van der Waals surface area contributed by atoms with Gasteiger partial charge in [-0.25, -0.2) is 9.18 Å². The van der Waals surface area contributed by atoms with E-state index in [1.54, 1.807) is 12.3 Å². The lowest BCUT2D eigenvalue weighted by atomic mass is 10.1. The Morgan fingerprint density at radius 1 is 1.04 bits per heavy atom. The fraction of sp³-hybridized carbons (Fsp3) is 0.0952. The van der Waals surface area contributed by atoms with E-state index in [1.807, 2.05) is 22.8 Å². The Kier molecular flexibility index (Phi) is 3.73. The highest BCUT2D eigenvalue weighted by Crippen LogP contribution is 2.25. The SMILES string of the molecule is COC(=O)c1ccc(F)c2ccn(Cc3ccc4ccccc4c3)c12. The maximum absolute atomic E-state index is 14.1. The van der Waals surface area contributed by atoms with Gasteiger partial charge in [0.25, 0.3) is 0 Å². The van der Waals surface area contributed by atoms with E-state index < -0.39 is 5.97 Å². The number of benzene rings is 3. The van der Waals surface area contributed by atoms with Crippen molar-refractivity contribution in [3.63, 3.8) is 0 Å². The van der Waals surface area contributed by atoms with Crippen LogP contribution in [0.2, 0.25) is 0 Å². The number of fused-ring (bicyclic) bond motifs is 2. The van der Waals surface area contributed by atoms with Crippen LogP contribution in [0.1, 0.15) is 15.9 Å². The number of methoxy groups -OCH3 is 1. The number of hydrogen-bond donors (Lipinski definition) is 0. The van der Waals surface area contributed by atoms with Crippen LogP contribution in [0, 0.1) is 5.82 Å². The predicted octanol–water partition coefficient (Wildman–Crippen LogP) is 4.77. The quantitative estimate of drug-likeness (QED) is 0.506. The molecule has 124 valence electrons. The van der Waals surface area contributed by atoms with Gasteiger partial charge in [0.1, 0.15) is 5.82 Å². The van der Waals surface area contributed by atoms with E-state index in [9.17, 15) is 9.18 Å². The third-order valence-electron chi connectivity index (χ3n) is 4.44. The first-order valence-corrected chi connectivity index (χ1v) is 8.01. The Morgan fingerprint density at radius 3 is 2.64 bits per heavy atom. The smallest absolute Gasteiger partial charge is 0.340 e. The molecule has 4 heteroatoms. The van der Waals surface area contributed by atoms with E-state index in [2.05, 4.69) is 24.3 Å². The molecule has 0 amide bonds. The van der Waals surface area contributed by atoms with Crippen molar-refractivity contribution in [2.45, 2.75) is 6.54 Å². The Morgan fingerprint density at radius 2 is 1.84 bits per heavy atom. The summed E-state index contributed by atoms with van der Waals surface area (Å²) >= 11 is 0. The van der Waals surface area contributed by atoms with Crippen LogP contribution in [-0.4, -0.2) is 17.6 Å². The van der Waals surface area contributed by atoms with E-state index in [0.29, 0.717) is 23.0 Å². The lowest BCUT2D eigenvalue weighted by Gasteiger charge is -2.10. The molecule has 0 fully saturated rings. The van der Waals surface area contributed by atoms with Gasteiger partial charge in [0.2, 0.25) is 0 Å². The molecule has 4 aromatic rings. The van der Waals surface area contributed by atoms with Gasteiger partial charge in [-0.2, -0.15) is 0 Å². The zero-order chi connectivity index (χ0) is 17.4.